The van der Waals surface area contributed by atoms with Crippen LogP contribution in [0.2, 0.25) is 0 Å². The first-order valence-electron chi connectivity index (χ1n) is 10.3. The maximum atomic E-state index is 13.0. The summed E-state index contributed by atoms with van der Waals surface area (Å²) in [5, 5.41) is 3.38. The number of carbonyl (C=O) groups is 1. The Morgan fingerprint density at radius 2 is 1.88 bits per heavy atom. The average Bonchev–Trinajstić information content (AvgIpc) is 3.29. The van der Waals surface area contributed by atoms with Crippen molar-refractivity contribution in [3.05, 3.63) is 75.8 Å². The lowest BCUT2D eigenvalue weighted by Gasteiger charge is -2.11. The molecule has 0 aliphatic heterocycles. The SMILES string of the molecule is CCOC(=O)c1sc2nc(-c3ccc(C(F)(F)F)cc3)c(NCc3cccc(C)c3)n2c1C. The van der Waals surface area contributed by atoms with E-state index >= 15 is 0 Å². The van der Waals surface area contributed by atoms with Crippen LogP contribution in [0.5, 0.6) is 0 Å². The second-order valence-corrected chi connectivity index (χ2v) is 8.56. The number of benzene rings is 2. The molecule has 33 heavy (non-hydrogen) atoms. The number of ether oxygens (including phenoxy) is 1. The number of alkyl halides is 3. The predicted molar refractivity (Wildman–Crippen MR) is 123 cm³/mol. The minimum Gasteiger partial charge on any atom is -0.462 e. The van der Waals surface area contributed by atoms with E-state index < -0.39 is 17.7 Å². The molecule has 0 aliphatic carbocycles. The Labute approximate surface area is 192 Å². The van der Waals surface area contributed by atoms with Gasteiger partial charge in [0.1, 0.15) is 16.4 Å². The number of hydrogen-bond donors (Lipinski definition) is 1. The number of aromatic nitrogens is 2. The first-order valence-corrected chi connectivity index (χ1v) is 11.2. The highest BCUT2D eigenvalue weighted by Crippen LogP contribution is 2.37. The van der Waals surface area contributed by atoms with Crippen LogP contribution in [0.15, 0.2) is 48.5 Å². The zero-order chi connectivity index (χ0) is 23.8. The van der Waals surface area contributed by atoms with Crippen LogP contribution >= 0.6 is 11.3 Å². The number of carbonyl (C=O) groups excluding carboxylic acids is 1. The van der Waals surface area contributed by atoms with E-state index in [2.05, 4.69) is 10.3 Å². The number of halogens is 3. The number of anilines is 1. The van der Waals surface area contributed by atoms with Gasteiger partial charge in [0.15, 0.2) is 4.96 Å². The Kier molecular flexibility index (Phi) is 6.16. The van der Waals surface area contributed by atoms with Gasteiger partial charge in [-0.3, -0.25) is 4.40 Å². The highest BCUT2D eigenvalue weighted by atomic mass is 32.1. The highest BCUT2D eigenvalue weighted by Gasteiger charge is 2.30. The van der Waals surface area contributed by atoms with E-state index in [1.165, 1.54) is 23.5 Å². The molecule has 0 spiro atoms. The number of aryl methyl sites for hydroxylation is 2. The third-order valence-corrected chi connectivity index (χ3v) is 6.32. The number of rotatable bonds is 6. The largest absolute Gasteiger partial charge is 0.462 e. The molecular weight excluding hydrogens is 451 g/mol. The van der Waals surface area contributed by atoms with Crippen LogP contribution in [0, 0.1) is 13.8 Å². The molecule has 2 heterocycles. The van der Waals surface area contributed by atoms with E-state index in [1.54, 1.807) is 13.8 Å². The molecule has 0 radical (unpaired) electrons. The van der Waals surface area contributed by atoms with Gasteiger partial charge < -0.3 is 10.1 Å². The zero-order valence-corrected chi connectivity index (χ0v) is 19.1. The molecule has 0 saturated heterocycles. The van der Waals surface area contributed by atoms with Crippen molar-refractivity contribution < 1.29 is 22.7 Å². The van der Waals surface area contributed by atoms with Crippen LogP contribution in [-0.4, -0.2) is 22.0 Å². The standard InChI is InChI=1S/C24H22F3N3O2S/c1-4-32-22(31)20-15(3)30-21(28-13-16-7-5-6-14(2)12-16)19(29-23(30)33-20)17-8-10-18(11-9-17)24(25,26)27/h5-12,28H,4,13H2,1-3H3. The fraction of sp³-hybridized carbons (Fsp3) is 0.250. The normalized spacial score (nSPS) is 11.7. The van der Waals surface area contributed by atoms with Gasteiger partial charge in [-0.05, 0) is 38.5 Å². The third-order valence-electron chi connectivity index (χ3n) is 5.19. The van der Waals surface area contributed by atoms with Crippen LogP contribution < -0.4 is 5.32 Å². The van der Waals surface area contributed by atoms with Gasteiger partial charge in [-0.2, -0.15) is 13.2 Å². The smallest absolute Gasteiger partial charge is 0.416 e. The van der Waals surface area contributed by atoms with Crippen LogP contribution in [0.4, 0.5) is 19.0 Å². The minimum absolute atomic E-state index is 0.258. The second kappa shape index (κ2) is 8.90. The van der Waals surface area contributed by atoms with Crippen molar-refractivity contribution in [2.45, 2.75) is 33.5 Å². The van der Waals surface area contributed by atoms with E-state index in [9.17, 15) is 18.0 Å². The fourth-order valence-electron chi connectivity index (χ4n) is 3.62. The van der Waals surface area contributed by atoms with Crippen LogP contribution in [0.3, 0.4) is 0 Å². The molecule has 4 aromatic rings. The highest BCUT2D eigenvalue weighted by molar-refractivity contribution is 7.19. The molecule has 0 atom stereocenters. The molecule has 2 aromatic heterocycles. The van der Waals surface area contributed by atoms with Crippen molar-refractivity contribution in [3.63, 3.8) is 0 Å². The van der Waals surface area contributed by atoms with Crippen molar-refractivity contribution in [1.29, 1.82) is 0 Å². The van der Waals surface area contributed by atoms with Crippen molar-refractivity contribution >= 4 is 28.1 Å². The second-order valence-electron chi connectivity index (χ2n) is 7.58. The summed E-state index contributed by atoms with van der Waals surface area (Å²) in [4.78, 5) is 18.0. The van der Waals surface area contributed by atoms with E-state index in [0.717, 1.165) is 23.3 Å². The Morgan fingerprint density at radius 3 is 2.52 bits per heavy atom. The lowest BCUT2D eigenvalue weighted by atomic mass is 10.1. The maximum Gasteiger partial charge on any atom is 0.416 e. The summed E-state index contributed by atoms with van der Waals surface area (Å²) in [7, 11) is 0. The zero-order valence-electron chi connectivity index (χ0n) is 18.3. The first kappa shape index (κ1) is 22.8. The van der Waals surface area contributed by atoms with Gasteiger partial charge in [0.05, 0.1) is 12.2 Å². The van der Waals surface area contributed by atoms with E-state index in [1.807, 2.05) is 35.6 Å². The quantitative estimate of drug-likeness (QED) is 0.325. The molecule has 0 bridgehead atoms. The summed E-state index contributed by atoms with van der Waals surface area (Å²) in [5.74, 6) is 0.182. The number of hydrogen-bond acceptors (Lipinski definition) is 5. The Bertz CT molecular complexity index is 1310. The van der Waals surface area contributed by atoms with Gasteiger partial charge in [-0.25, -0.2) is 9.78 Å². The van der Waals surface area contributed by atoms with Gasteiger partial charge in [0.2, 0.25) is 0 Å². The summed E-state index contributed by atoms with van der Waals surface area (Å²) in [6.07, 6.45) is -4.41. The van der Waals surface area contributed by atoms with Gasteiger partial charge in [-0.1, -0.05) is 53.3 Å². The summed E-state index contributed by atoms with van der Waals surface area (Å²) in [6.45, 7) is 6.28. The summed E-state index contributed by atoms with van der Waals surface area (Å²) in [6, 6.07) is 12.9. The third kappa shape index (κ3) is 4.59. The molecule has 2 aromatic carbocycles. The Morgan fingerprint density at radius 1 is 1.15 bits per heavy atom. The fourth-order valence-corrected chi connectivity index (χ4v) is 4.64. The average molecular weight is 474 g/mol. The van der Waals surface area contributed by atoms with Gasteiger partial charge >= 0.3 is 12.1 Å². The molecule has 172 valence electrons. The molecule has 9 heteroatoms. The summed E-state index contributed by atoms with van der Waals surface area (Å²) < 4.78 is 46.0. The predicted octanol–water partition coefficient (Wildman–Crippen LogP) is 6.49. The minimum atomic E-state index is -4.41. The van der Waals surface area contributed by atoms with Crippen LogP contribution in [0.1, 0.15) is 39.0 Å². The molecule has 0 amide bonds. The van der Waals surface area contributed by atoms with Gasteiger partial charge in [0.25, 0.3) is 0 Å². The number of fused-ring (bicyclic) bond motifs is 1. The number of nitrogens with one attached hydrogen (secondary N) is 1. The molecule has 0 saturated carbocycles. The molecule has 0 aliphatic rings. The van der Waals surface area contributed by atoms with Gasteiger partial charge in [0, 0.05) is 17.8 Å². The van der Waals surface area contributed by atoms with Gasteiger partial charge in [-0.15, -0.1) is 0 Å². The molecule has 5 nitrogen and oxygen atoms in total. The summed E-state index contributed by atoms with van der Waals surface area (Å²) in [5.41, 5.74) is 3.16. The molecular formula is C24H22F3N3O2S. The first-order chi connectivity index (χ1) is 15.7. The number of thiazole rings is 1. The van der Waals surface area contributed by atoms with E-state index in [0.29, 0.717) is 39.2 Å². The topological polar surface area (TPSA) is 55.6 Å². The monoisotopic (exact) mass is 473 g/mol. The number of nitrogens with zero attached hydrogens (tertiary/aromatic N) is 2. The molecule has 0 fully saturated rings. The van der Waals surface area contributed by atoms with Crippen molar-refractivity contribution in [3.8, 4) is 11.3 Å². The Balaban J connectivity index is 1.79. The van der Waals surface area contributed by atoms with Crippen molar-refractivity contribution in [2.75, 3.05) is 11.9 Å². The number of esters is 1. The van der Waals surface area contributed by atoms with E-state index in [4.69, 9.17) is 4.74 Å². The van der Waals surface area contributed by atoms with Crippen LogP contribution in [-0.2, 0) is 17.5 Å². The Hall–Kier alpha value is -3.33. The molecule has 4 rings (SSSR count). The lowest BCUT2D eigenvalue weighted by molar-refractivity contribution is -0.137. The molecule has 1 N–H and O–H groups in total. The number of imidazole rings is 1. The lowest BCUT2D eigenvalue weighted by Crippen LogP contribution is -2.07. The maximum absolute atomic E-state index is 13.0. The summed E-state index contributed by atoms with van der Waals surface area (Å²) >= 11 is 1.19. The van der Waals surface area contributed by atoms with Crippen molar-refractivity contribution in [1.82, 2.24) is 9.38 Å². The molecule has 0 unspecified atom stereocenters. The van der Waals surface area contributed by atoms with Crippen LogP contribution in [0.25, 0.3) is 16.2 Å². The van der Waals surface area contributed by atoms with E-state index in [-0.39, 0.29) is 6.61 Å². The van der Waals surface area contributed by atoms with Crippen molar-refractivity contribution in [2.24, 2.45) is 0 Å².